The predicted molar refractivity (Wildman–Crippen MR) is 117 cm³/mol. The highest BCUT2D eigenvalue weighted by Crippen LogP contribution is 2.26. The van der Waals surface area contributed by atoms with Crippen molar-refractivity contribution in [3.05, 3.63) is 52.2 Å². The van der Waals surface area contributed by atoms with Crippen molar-refractivity contribution >= 4 is 51.5 Å². The first-order valence-corrected chi connectivity index (χ1v) is 10.5. The van der Waals surface area contributed by atoms with Gasteiger partial charge in [0, 0.05) is 31.0 Å². The van der Waals surface area contributed by atoms with Gasteiger partial charge in [0.25, 0.3) is 0 Å². The van der Waals surface area contributed by atoms with Crippen LogP contribution in [0.3, 0.4) is 0 Å². The number of nitrogens with one attached hydrogen (secondary N) is 2. The highest BCUT2D eigenvalue weighted by Gasteiger charge is 2.17. The van der Waals surface area contributed by atoms with Crippen LogP contribution in [0.4, 0.5) is 10.5 Å². The number of carbonyl (C=O) groups excluding carboxylic acids is 1. The number of thiazole rings is 1. The van der Waals surface area contributed by atoms with Gasteiger partial charge in [0.2, 0.25) is 0 Å². The summed E-state index contributed by atoms with van der Waals surface area (Å²) < 4.78 is 1.69. The largest absolute Gasteiger partial charge is 0.481 e. The number of fused-ring (bicyclic) bond motifs is 1. The summed E-state index contributed by atoms with van der Waals surface area (Å²) >= 11 is 6.69. The lowest BCUT2D eigenvalue weighted by Gasteiger charge is -2.23. The van der Waals surface area contributed by atoms with Gasteiger partial charge in [0.05, 0.1) is 16.8 Å². The number of pyridine rings is 1. The SMILES string of the molecule is O=C(O)CCCCCNC(=O)N(Cc1ccncc1)c1ccc2[nH]c(=S)sc2c1. The van der Waals surface area contributed by atoms with Gasteiger partial charge in [-0.05, 0) is 61.0 Å². The minimum absolute atomic E-state index is 0.158. The highest BCUT2D eigenvalue weighted by atomic mass is 32.1. The number of aliphatic carboxylic acids is 1. The number of rotatable bonds is 9. The predicted octanol–water partition coefficient (Wildman–Crippen LogP) is 4.72. The molecule has 0 unspecified atom stereocenters. The van der Waals surface area contributed by atoms with Crippen molar-refractivity contribution in [3.8, 4) is 0 Å². The quantitative estimate of drug-likeness (QED) is 0.337. The molecule has 3 N–H and O–H groups in total. The molecule has 0 aliphatic carbocycles. The highest BCUT2D eigenvalue weighted by molar-refractivity contribution is 7.73. The minimum Gasteiger partial charge on any atom is -0.481 e. The molecule has 0 saturated heterocycles. The number of H-pyrrole nitrogens is 1. The lowest BCUT2D eigenvalue weighted by atomic mass is 10.2. The Labute approximate surface area is 177 Å². The van der Waals surface area contributed by atoms with Crippen LogP contribution in [-0.2, 0) is 11.3 Å². The normalized spacial score (nSPS) is 10.8. The number of urea groups is 1. The van der Waals surface area contributed by atoms with Crippen molar-refractivity contribution in [3.63, 3.8) is 0 Å². The van der Waals surface area contributed by atoms with Crippen LogP contribution >= 0.6 is 23.6 Å². The van der Waals surface area contributed by atoms with Crippen molar-refractivity contribution in [1.82, 2.24) is 15.3 Å². The number of carboxylic acid groups (broad SMARTS) is 1. The maximum atomic E-state index is 12.9. The van der Waals surface area contributed by atoms with E-state index in [1.54, 1.807) is 17.3 Å². The maximum absolute atomic E-state index is 12.9. The zero-order chi connectivity index (χ0) is 20.6. The summed E-state index contributed by atoms with van der Waals surface area (Å²) in [5, 5.41) is 11.6. The Hall–Kier alpha value is -2.78. The van der Waals surface area contributed by atoms with Crippen LogP contribution in [-0.4, -0.2) is 33.6 Å². The van der Waals surface area contributed by atoms with E-state index in [-0.39, 0.29) is 12.5 Å². The molecule has 2 aromatic heterocycles. The molecule has 0 saturated carbocycles. The second-order valence-corrected chi connectivity index (χ2v) is 8.29. The number of anilines is 1. The Morgan fingerprint density at radius 2 is 1.97 bits per heavy atom. The van der Waals surface area contributed by atoms with Gasteiger partial charge in [0.1, 0.15) is 0 Å². The van der Waals surface area contributed by atoms with Gasteiger partial charge in [-0.1, -0.05) is 6.42 Å². The molecule has 3 aromatic rings. The molecule has 0 aliphatic heterocycles. The molecule has 3 rings (SSSR count). The van der Waals surface area contributed by atoms with E-state index in [4.69, 9.17) is 17.3 Å². The molecule has 0 spiro atoms. The van der Waals surface area contributed by atoms with Crippen LogP contribution in [0.5, 0.6) is 0 Å². The lowest BCUT2D eigenvalue weighted by molar-refractivity contribution is -0.137. The number of hydrogen-bond donors (Lipinski definition) is 3. The first-order valence-electron chi connectivity index (χ1n) is 9.32. The molecule has 152 valence electrons. The van der Waals surface area contributed by atoms with Crippen LogP contribution in [0.15, 0.2) is 42.7 Å². The van der Waals surface area contributed by atoms with Crippen molar-refractivity contribution in [2.45, 2.75) is 32.2 Å². The molecule has 29 heavy (non-hydrogen) atoms. The standard InChI is InChI=1S/C20H22N4O3S2/c25-18(26)4-2-1-3-9-22-19(27)24(13-14-7-10-21-11-8-14)15-5-6-16-17(12-15)29-20(28)23-16/h5-8,10-12H,1-4,9,13H2,(H,22,27)(H,23,28)(H,25,26). The summed E-state index contributed by atoms with van der Waals surface area (Å²) in [6.45, 7) is 0.908. The van der Waals surface area contributed by atoms with E-state index in [0.29, 0.717) is 23.5 Å². The first-order chi connectivity index (χ1) is 14.0. The van der Waals surface area contributed by atoms with E-state index >= 15 is 0 Å². The number of aromatic nitrogens is 2. The van der Waals surface area contributed by atoms with Gasteiger partial charge in [-0.15, -0.1) is 11.3 Å². The lowest BCUT2D eigenvalue weighted by Crippen LogP contribution is -2.40. The fourth-order valence-electron chi connectivity index (χ4n) is 2.92. The van der Waals surface area contributed by atoms with Gasteiger partial charge in [-0.2, -0.15) is 0 Å². The number of carboxylic acids is 1. The third-order valence-corrected chi connectivity index (χ3v) is 5.59. The minimum atomic E-state index is -0.791. The average Bonchev–Trinajstić information content (AvgIpc) is 3.08. The Kier molecular flexibility index (Phi) is 7.31. The molecule has 9 heteroatoms. The van der Waals surface area contributed by atoms with Gasteiger partial charge in [-0.3, -0.25) is 14.7 Å². The Morgan fingerprint density at radius 3 is 2.72 bits per heavy atom. The molecule has 0 aliphatic rings. The van der Waals surface area contributed by atoms with Gasteiger partial charge < -0.3 is 15.4 Å². The van der Waals surface area contributed by atoms with Gasteiger partial charge in [0.15, 0.2) is 3.95 Å². The number of carbonyl (C=O) groups is 2. The summed E-state index contributed by atoms with van der Waals surface area (Å²) in [5.74, 6) is -0.791. The van der Waals surface area contributed by atoms with Crippen molar-refractivity contribution in [1.29, 1.82) is 0 Å². The summed E-state index contributed by atoms with van der Waals surface area (Å²) in [6, 6.07) is 9.35. The molecule has 0 bridgehead atoms. The van der Waals surface area contributed by atoms with Crippen molar-refractivity contribution < 1.29 is 14.7 Å². The van der Waals surface area contributed by atoms with Crippen LogP contribution < -0.4 is 10.2 Å². The molecule has 7 nitrogen and oxygen atoms in total. The number of aromatic amines is 1. The van der Waals surface area contributed by atoms with E-state index in [1.165, 1.54) is 11.3 Å². The molecular formula is C20H22N4O3S2. The molecule has 0 atom stereocenters. The van der Waals surface area contributed by atoms with Gasteiger partial charge >= 0.3 is 12.0 Å². The fraction of sp³-hybridized carbons (Fsp3) is 0.300. The van der Waals surface area contributed by atoms with E-state index in [9.17, 15) is 9.59 Å². The number of amides is 2. The van der Waals surface area contributed by atoms with Crippen LogP contribution in [0.1, 0.15) is 31.2 Å². The van der Waals surface area contributed by atoms with Crippen LogP contribution in [0.2, 0.25) is 0 Å². The Balaban J connectivity index is 1.70. The van der Waals surface area contributed by atoms with Crippen LogP contribution in [0, 0.1) is 3.95 Å². The second-order valence-electron chi connectivity index (χ2n) is 6.57. The monoisotopic (exact) mass is 430 g/mol. The topological polar surface area (TPSA) is 98.3 Å². The zero-order valence-corrected chi connectivity index (χ0v) is 17.4. The smallest absolute Gasteiger partial charge is 0.322 e. The number of benzene rings is 1. The van der Waals surface area contributed by atoms with Gasteiger partial charge in [-0.25, -0.2) is 4.79 Å². The number of unbranched alkanes of at least 4 members (excludes halogenated alkanes) is 2. The maximum Gasteiger partial charge on any atom is 0.322 e. The number of nitrogens with zero attached hydrogens (tertiary/aromatic N) is 2. The Morgan fingerprint density at radius 1 is 1.17 bits per heavy atom. The zero-order valence-electron chi connectivity index (χ0n) is 15.8. The van der Waals surface area contributed by atoms with Crippen molar-refractivity contribution in [2.24, 2.45) is 0 Å². The third-order valence-electron chi connectivity index (χ3n) is 4.40. The van der Waals surface area contributed by atoms with E-state index in [2.05, 4.69) is 15.3 Å². The summed E-state index contributed by atoms with van der Waals surface area (Å²) in [6.07, 6.45) is 5.67. The summed E-state index contributed by atoms with van der Waals surface area (Å²) in [5.41, 5.74) is 2.70. The van der Waals surface area contributed by atoms with E-state index < -0.39 is 5.97 Å². The fourth-order valence-corrected chi connectivity index (χ4v) is 4.07. The molecule has 2 amide bonds. The number of hydrogen-bond acceptors (Lipinski definition) is 5. The average molecular weight is 431 g/mol. The first kappa shape index (κ1) is 20.9. The molecule has 0 fully saturated rings. The van der Waals surface area contributed by atoms with E-state index in [1.807, 2.05) is 30.3 Å². The summed E-state index contributed by atoms with van der Waals surface area (Å²) in [4.78, 5) is 32.3. The molecule has 0 radical (unpaired) electrons. The second kappa shape index (κ2) is 10.1. The van der Waals surface area contributed by atoms with Crippen molar-refractivity contribution in [2.75, 3.05) is 11.4 Å². The Bertz CT molecular complexity index is 1030. The molecular weight excluding hydrogens is 408 g/mol. The van der Waals surface area contributed by atoms with Crippen LogP contribution in [0.25, 0.3) is 10.2 Å². The molecule has 2 heterocycles. The molecule has 1 aromatic carbocycles. The van der Waals surface area contributed by atoms with E-state index in [0.717, 1.165) is 34.3 Å². The third kappa shape index (κ3) is 6.10. The summed E-state index contributed by atoms with van der Waals surface area (Å²) in [7, 11) is 0.